The van der Waals surface area contributed by atoms with Crippen LogP contribution in [0.25, 0.3) is 0 Å². The van der Waals surface area contributed by atoms with Gasteiger partial charge in [-0.25, -0.2) is 0 Å². The van der Waals surface area contributed by atoms with Gasteiger partial charge in [0.2, 0.25) is 0 Å². The molecule has 1 nitrogen and oxygen atoms in total. The Hall–Kier alpha value is -0.510. The van der Waals surface area contributed by atoms with Crippen LogP contribution in [-0.4, -0.2) is 0 Å². The monoisotopic (exact) mass is 263 g/mol. The predicted molar refractivity (Wildman–Crippen MR) is 82.9 cm³/mol. The van der Waals surface area contributed by atoms with Crippen molar-refractivity contribution in [2.24, 2.45) is 11.3 Å². The summed E-state index contributed by atoms with van der Waals surface area (Å²) in [5, 5.41) is 9.51. The summed E-state index contributed by atoms with van der Waals surface area (Å²) in [5.41, 5.74) is 0.0415. The molecule has 110 valence electrons. The van der Waals surface area contributed by atoms with Crippen molar-refractivity contribution in [1.82, 2.24) is 0 Å². The van der Waals surface area contributed by atoms with Gasteiger partial charge < -0.3 is 0 Å². The standard InChI is InChI=1S/C18H33N/c1-3-4-5-6-7-8-9-10-13-18(16-19)14-11-12-17(2)15-18/h17H,3-15H2,1-2H3. The van der Waals surface area contributed by atoms with Gasteiger partial charge >= 0.3 is 0 Å². The Labute approximate surface area is 120 Å². The van der Waals surface area contributed by atoms with Gasteiger partial charge in [0.1, 0.15) is 0 Å². The van der Waals surface area contributed by atoms with E-state index in [0.29, 0.717) is 0 Å². The second-order valence-corrected chi connectivity index (χ2v) is 6.82. The molecule has 1 saturated carbocycles. The summed E-state index contributed by atoms with van der Waals surface area (Å²) < 4.78 is 0. The molecule has 0 saturated heterocycles. The molecule has 0 aromatic carbocycles. The fraction of sp³-hybridized carbons (Fsp3) is 0.944. The lowest BCUT2D eigenvalue weighted by molar-refractivity contribution is 0.192. The Morgan fingerprint density at radius 1 is 1.05 bits per heavy atom. The van der Waals surface area contributed by atoms with Gasteiger partial charge in [-0.2, -0.15) is 5.26 Å². The molecule has 2 unspecified atom stereocenters. The van der Waals surface area contributed by atoms with Gasteiger partial charge in [-0.1, -0.05) is 78.1 Å². The smallest absolute Gasteiger partial charge is 0.0689 e. The van der Waals surface area contributed by atoms with Crippen LogP contribution in [0.1, 0.15) is 97.3 Å². The fourth-order valence-corrected chi connectivity index (χ4v) is 3.64. The van der Waals surface area contributed by atoms with Crippen LogP contribution >= 0.6 is 0 Å². The van der Waals surface area contributed by atoms with E-state index in [1.165, 1.54) is 64.2 Å². The Morgan fingerprint density at radius 2 is 1.68 bits per heavy atom. The molecule has 1 aliphatic carbocycles. The molecular weight excluding hydrogens is 230 g/mol. The molecule has 2 atom stereocenters. The van der Waals surface area contributed by atoms with Crippen molar-refractivity contribution in [1.29, 1.82) is 5.26 Å². The van der Waals surface area contributed by atoms with E-state index in [4.69, 9.17) is 0 Å². The van der Waals surface area contributed by atoms with Crippen LogP contribution in [0, 0.1) is 22.7 Å². The highest BCUT2D eigenvalue weighted by molar-refractivity contribution is 5.01. The molecule has 1 fully saturated rings. The normalized spacial score (nSPS) is 27.1. The Balaban J connectivity index is 2.08. The summed E-state index contributed by atoms with van der Waals surface area (Å²) >= 11 is 0. The van der Waals surface area contributed by atoms with Crippen molar-refractivity contribution in [2.75, 3.05) is 0 Å². The minimum atomic E-state index is 0.0415. The molecule has 1 heteroatoms. The number of unbranched alkanes of at least 4 members (excludes halogenated alkanes) is 7. The third-order valence-electron chi connectivity index (χ3n) is 4.84. The van der Waals surface area contributed by atoms with Gasteiger partial charge in [-0.15, -0.1) is 0 Å². The summed E-state index contributed by atoms with van der Waals surface area (Å²) in [7, 11) is 0. The minimum absolute atomic E-state index is 0.0415. The molecule has 1 aliphatic rings. The van der Waals surface area contributed by atoms with Crippen LogP contribution in [0.4, 0.5) is 0 Å². The molecule has 0 heterocycles. The van der Waals surface area contributed by atoms with Gasteiger partial charge in [0.05, 0.1) is 11.5 Å². The summed E-state index contributed by atoms with van der Waals surface area (Å²) in [4.78, 5) is 0. The molecule has 0 aromatic rings. The van der Waals surface area contributed by atoms with Crippen molar-refractivity contribution in [3.05, 3.63) is 0 Å². The molecule has 1 rings (SSSR count). The maximum atomic E-state index is 9.51. The Morgan fingerprint density at radius 3 is 2.26 bits per heavy atom. The maximum absolute atomic E-state index is 9.51. The first-order chi connectivity index (χ1) is 9.22. The average molecular weight is 263 g/mol. The van der Waals surface area contributed by atoms with Gasteiger partial charge in [0.25, 0.3) is 0 Å². The minimum Gasteiger partial charge on any atom is -0.198 e. The lowest BCUT2D eigenvalue weighted by atomic mass is 9.68. The zero-order valence-corrected chi connectivity index (χ0v) is 13.2. The fourth-order valence-electron chi connectivity index (χ4n) is 3.64. The quantitative estimate of drug-likeness (QED) is 0.452. The zero-order chi connectivity index (χ0) is 14.0. The van der Waals surface area contributed by atoms with Gasteiger partial charge in [0, 0.05) is 0 Å². The molecule has 0 spiro atoms. The first-order valence-corrected chi connectivity index (χ1v) is 8.64. The number of nitriles is 1. The lowest BCUT2D eigenvalue weighted by Crippen LogP contribution is -2.26. The van der Waals surface area contributed by atoms with Crippen molar-refractivity contribution >= 4 is 0 Å². The zero-order valence-electron chi connectivity index (χ0n) is 13.2. The van der Waals surface area contributed by atoms with Crippen LogP contribution < -0.4 is 0 Å². The van der Waals surface area contributed by atoms with E-state index in [9.17, 15) is 5.26 Å². The second kappa shape index (κ2) is 9.40. The lowest BCUT2D eigenvalue weighted by Gasteiger charge is -2.34. The van der Waals surface area contributed by atoms with Crippen molar-refractivity contribution in [2.45, 2.75) is 97.3 Å². The van der Waals surface area contributed by atoms with Crippen molar-refractivity contribution in [3.8, 4) is 6.07 Å². The number of hydrogen-bond donors (Lipinski definition) is 0. The van der Waals surface area contributed by atoms with Crippen LogP contribution in [0.15, 0.2) is 0 Å². The van der Waals surface area contributed by atoms with E-state index >= 15 is 0 Å². The molecule has 0 radical (unpaired) electrons. The molecule has 0 amide bonds. The summed E-state index contributed by atoms with van der Waals surface area (Å²) in [5.74, 6) is 0.766. The van der Waals surface area contributed by atoms with E-state index in [1.54, 1.807) is 0 Å². The predicted octanol–water partition coefficient (Wildman–Crippen LogP) is 6.24. The number of hydrogen-bond acceptors (Lipinski definition) is 1. The highest BCUT2D eigenvalue weighted by atomic mass is 14.4. The van der Waals surface area contributed by atoms with E-state index in [2.05, 4.69) is 19.9 Å². The SMILES string of the molecule is CCCCCCCCCCC1(C#N)CCCC(C)C1. The van der Waals surface area contributed by atoms with Crippen LogP contribution in [-0.2, 0) is 0 Å². The topological polar surface area (TPSA) is 23.8 Å². The van der Waals surface area contributed by atoms with Crippen molar-refractivity contribution < 1.29 is 0 Å². The summed E-state index contributed by atoms with van der Waals surface area (Å²) in [6.07, 6.45) is 17.0. The molecule has 0 aromatic heterocycles. The number of nitrogens with zero attached hydrogens (tertiary/aromatic N) is 1. The average Bonchev–Trinajstić information content (AvgIpc) is 2.42. The first-order valence-electron chi connectivity index (χ1n) is 8.64. The molecular formula is C18H33N. The third kappa shape index (κ3) is 6.46. The number of rotatable bonds is 9. The van der Waals surface area contributed by atoms with Gasteiger partial charge in [0.15, 0.2) is 0 Å². The van der Waals surface area contributed by atoms with E-state index < -0.39 is 0 Å². The van der Waals surface area contributed by atoms with E-state index in [1.807, 2.05) is 0 Å². The van der Waals surface area contributed by atoms with Crippen LogP contribution in [0.2, 0.25) is 0 Å². The van der Waals surface area contributed by atoms with Crippen LogP contribution in [0.3, 0.4) is 0 Å². The van der Waals surface area contributed by atoms with E-state index in [0.717, 1.165) is 25.2 Å². The Bertz CT molecular complexity index is 265. The Kier molecular flexibility index (Phi) is 8.19. The second-order valence-electron chi connectivity index (χ2n) is 6.82. The molecule has 0 N–H and O–H groups in total. The van der Waals surface area contributed by atoms with Crippen molar-refractivity contribution in [3.63, 3.8) is 0 Å². The third-order valence-corrected chi connectivity index (χ3v) is 4.84. The molecule has 19 heavy (non-hydrogen) atoms. The molecule has 0 bridgehead atoms. The first kappa shape index (κ1) is 16.5. The largest absolute Gasteiger partial charge is 0.198 e. The van der Waals surface area contributed by atoms with Gasteiger partial charge in [-0.05, 0) is 25.2 Å². The van der Waals surface area contributed by atoms with Gasteiger partial charge in [-0.3, -0.25) is 0 Å². The maximum Gasteiger partial charge on any atom is 0.0689 e. The molecule has 0 aliphatic heterocycles. The highest BCUT2D eigenvalue weighted by Crippen LogP contribution is 2.42. The summed E-state index contributed by atoms with van der Waals surface area (Å²) in [6, 6.07) is 2.67. The highest BCUT2D eigenvalue weighted by Gasteiger charge is 2.34. The van der Waals surface area contributed by atoms with Crippen LogP contribution in [0.5, 0.6) is 0 Å². The summed E-state index contributed by atoms with van der Waals surface area (Å²) in [6.45, 7) is 4.59. The van der Waals surface area contributed by atoms with E-state index in [-0.39, 0.29) is 5.41 Å².